The number of fused-ring (bicyclic) bond motifs is 5. The molecular formula is C23H33NO6. The van der Waals surface area contributed by atoms with Crippen molar-refractivity contribution in [2.24, 2.45) is 33.7 Å². The van der Waals surface area contributed by atoms with Gasteiger partial charge in [-0.2, -0.15) is 0 Å². The third-order valence-electron chi connectivity index (χ3n) is 9.93. The Kier molecular flexibility index (Phi) is 4.45. The maximum atomic E-state index is 12.2. The van der Waals surface area contributed by atoms with Gasteiger partial charge in [-0.25, -0.2) is 4.79 Å². The van der Waals surface area contributed by atoms with E-state index in [0.29, 0.717) is 38.7 Å². The van der Waals surface area contributed by atoms with Crippen LogP contribution in [0.3, 0.4) is 0 Å². The van der Waals surface area contributed by atoms with Gasteiger partial charge in [-0.3, -0.25) is 0 Å². The number of hydrogen-bond donors (Lipinski definition) is 4. The maximum Gasteiger partial charge on any atom is 0.331 e. The predicted octanol–water partition coefficient (Wildman–Crippen LogP) is 2.16. The molecule has 0 saturated heterocycles. The third-order valence-corrected chi connectivity index (χ3v) is 9.93. The van der Waals surface area contributed by atoms with Crippen LogP contribution in [0.1, 0.15) is 64.7 Å². The summed E-state index contributed by atoms with van der Waals surface area (Å²) in [5, 5.41) is 47.0. The van der Waals surface area contributed by atoms with Gasteiger partial charge in [0.25, 0.3) is 0 Å². The first-order valence-corrected chi connectivity index (χ1v) is 11.4. The Hall–Kier alpha value is -1.44. The summed E-state index contributed by atoms with van der Waals surface area (Å²) in [6.07, 6.45) is 8.20. The fraction of sp³-hybridized carbons (Fsp3) is 0.826. The SMILES string of the molecule is CC12CCC3C(CCC4(O)CC(O)CCC34/C=N/O)C1(O)CCC2C1=CC(=O)OC1. The van der Waals surface area contributed by atoms with Crippen LogP contribution in [-0.4, -0.2) is 56.6 Å². The van der Waals surface area contributed by atoms with Crippen LogP contribution < -0.4 is 0 Å². The minimum absolute atomic E-state index is 0.00749. The number of carbonyl (C=O) groups is 1. The predicted molar refractivity (Wildman–Crippen MR) is 108 cm³/mol. The zero-order valence-corrected chi connectivity index (χ0v) is 17.6. The van der Waals surface area contributed by atoms with Crippen molar-refractivity contribution in [3.05, 3.63) is 11.6 Å². The van der Waals surface area contributed by atoms with E-state index in [1.54, 1.807) is 6.08 Å². The summed E-state index contributed by atoms with van der Waals surface area (Å²) in [6, 6.07) is 0. The molecule has 30 heavy (non-hydrogen) atoms. The largest absolute Gasteiger partial charge is 0.458 e. The lowest BCUT2D eigenvalue weighted by molar-refractivity contribution is -0.237. The molecule has 7 heteroatoms. The number of nitrogens with zero attached hydrogens (tertiary/aromatic N) is 1. The fourth-order valence-corrected chi connectivity index (χ4v) is 8.46. The Labute approximate surface area is 176 Å². The van der Waals surface area contributed by atoms with E-state index in [4.69, 9.17) is 4.74 Å². The molecule has 0 aromatic carbocycles. The zero-order valence-electron chi connectivity index (χ0n) is 17.6. The lowest BCUT2D eigenvalue weighted by Gasteiger charge is -2.65. The van der Waals surface area contributed by atoms with Crippen LogP contribution in [0.15, 0.2) is 16.8 Å². The van der Waals surface area contributed by atoms with E-state index < -0.39 is 22.7 Å². The Morgan fingerprint density at radius 1 is 1.10 bits per heavy atom. The molecule has 0 aromatic heterocycles. The molecule has 5 aliphatic rings. The number of rotatable bonds is 2. The first-order valence-electron chi connectivity index (χ1n) is 11.4. The van der Waals surface area contributed by atoms with E-state index in [1.807, 2.05) is 0 Å². The van der Waals surface area contributed by atoms with Gasteiger partial charge in [0.1, 0.15) is 6.61 Å². The summed E-state index contributed by atoms with van der Waals surface area (Å²) in [5.41, 5.74) is -2.11. The lowest BCUT2D eigenvalue weighted by Crippen LogP contribution is -2.68. The minimum atomic E-state index is -1.12. The highest BCUT2D eigenvalue weighted by molar-refractivity contribution is 5.85. The quantitative estimate of drug-likeness (QED) is 0.236. The van der Waals surface area contributed by atoms with Gasteiger partial charge in [-0.1, -0.05) is 6.92 Å². The van der Waals surface area contributed by atoms with Crippen molar-refractivity contribution in [3.8, 4) is 0 Å². The van der Waals surface area contributed by atoms with E-state index in [9.17, 15) is 25.3 Å². The number of carbonyl (C=O) groups excluding carboxylic acids is 1. The van der Waals surface area contributed by atoms with Gasteiger partial charge >= 0.3 is 5.97 Å². The molecule has 8 unspecified atom stereocenters. The van der Waals surface area contributed by atoms with Crippen molar-refractivity contribution >= 4 is 12.2 Å². The molecule has 7 nitrogen and oxygen atoms in total. The molecule has 4 saturated carbocycles. The van der Waals surface area contributed by atoms with Crippen LogP contribution in [0, 0.1) is 28.6 Å². The second-order valence-electron chi connectivity index (χ2n) is 10.8. The molecule has 166 valence electrons. The van der Waals surface area contributed by atoms with Crippen molar-refractivity contribution < 1.29 is 30.1 Å². The first kappa shape index (κ1) is 20.5. The number of cyclic esters (lactones) is 1. The van der Waals surface area contributed by atoms with Crippen LogP contribution >= 0.6 is 0 Å². The molecule has 0 radical (unpaired) electrons. The summed E-state index contributed by atoms with van der Waals surface area (Å²) in [5.74, 6) is -0.203. The van der Waals surface area contributed by atoms with Gasteiger partial charge in [-0.15, -0.1) is 5.16 Å². The second-order valence-corrected chi connectivity index (χ2v) is 10.8. The molecule has 0 bridgehead atoms. The van der Waals surface area contributed by atoms with Crippen LogP contribution in [0.4, 0.5) is 0 Å². The van der Waals surface area contributed by atoms with Crippen molar-refractivity contribution in [1.82, 2.24) is 0 Å². The van der Waals surface area contributed by atoms with Crippen molar-refractivity contribution in [2.45, 2.75) is 82.0 Å². The molecule has 4 fully saturated rings. The average molecular weight is 420 g/mol. The number of hydrogen-bond acceptors (Lipinski definition) is 7. The zero-order chi connectivity index (χ0) is 21.4. The standard InChI is InChI=1S/C23H33NO6/c1-20-6-3-17-18(23(20,28)9-5-16(20)14-10-19(26)30-12-14)4-8-22(27)11-15(25)2-7-21(17,22)13-24-29/h10,13,15-18,25,27-29H,2-9,11-12H2,1H3/b24-13+. The van der Waals surface area contributed by atoms with Crippen LogP contribution in [-0.2, 0) is 9.53 Å². The molecular weight excluding hydrogens is 386 g/mol. The number of ether oxygens (including phenoxy) is 1. The van der Waals surface area contributed by atoms with Crippen molar-refractivity contribution in [1.29, 1.82) is 0 Å². The Morgan fingerprint density at radius 3 is 2.57 bits per heavy atom. The maximum absolute atomic E-state index is 12.2. The second kappa shape index (κ2) is 6.53. The molecule has 1 heterocycles. The third kappa shape index (κ3) is 2.43. The summed E-state index contributed by atoms with van der Waals surface area (Å²) in [4.78, 5) is 11.7. The van der Waals surface area contributed by atoms with Crippen LogP contribution in [0.2, 0.25) is 0 Å². The van der Waals surface area contributed by atoms with Gasteiger partial charge < -0.3 is 25.3 Å². The highest BCUT2D eigenvalue weighted by Crippen LogP contribution is 2.70. The molecule has 0 spiro atoms. The number of aliphatic hydroxyl groups excluding tert-OH is 1. The van der Waals surface area contributed by atoms with Gasteiger partial charge in [0.2, 0.25) is 0 Å². The van der Waals surface area contributed by atoms with E-state index >= 15 is 0 Å². The van der Waals surface area contributed by atoms with Crippen molar-refractivity contribution in [2.75, 3.05) is 6.61 Å². The van der Waals surface area contributed by atoms with E-state index in [-0.39, 0.29) is 35.6 Å². The average Bonchev–Trinajstić information content (AvgIpc) is 3.23. The molecule has 8 atom stereocenters. The summed E-state index contributed by atoms with van der Waals surface area (Å²) in [6.45, 7) is 2.48. The van der Waals surface area contributed by atoms with Crippen molar-refractivity contribution in [3.63, 3.8) is 0 Å². The van der Waals surface area contributed by atoms with E-state index in [2.05, 4.69) is 12.1 Å². The van der Waals surface area contributed by atoms with Gasteiger partial charge in [0.05, 0.1) is 23.5 Å². The molecule has 5 rings (SSSR count). The molecule has 1 aliphatic heterocycles. The number of oxime groups is 1. The minimum Gasteiger partial charge on any atom is -0.458 e. The first-order chi connectivity index (χ1) is 14.2. The summed E-state index contributed by atoms with van der Waals surface area (Å²) >= 11 is 0. The molecule has 4 aliphatic carbocycles. The van der Waals surface area contributed by atoms with Crippen LogP contribution in [0.5, 0.6) is 0 Å². The number of aliphatic hydroxyl groups is 3. The highest BCUT2D eigenvalue weighted by Gasteiger charge is 2.71. The van der Waals surface area contributed by atoms with Gasteiger partial charge in [-0.05, 0) is 74.7 Å². The topological polar surface area (TPSA) is 120 Å². The monoisotopic (exact) mass is 419 g/mol. The Morgan fingerprint density at radius 2 is 1.87 bits per heavy atom. The Balaban J connectivity index is 1.53. The summed E-state index contributed by atoms with van der Waals surface area (Å²) < 4.78 is 5.17. The molecule has 0 aromatic rings. The number of esters is 1. The smallest absolute Gasteiger partial charge is 0.331 e. The summed E-state index contributed by atoms with van der Waals surface area (Å²) in [7, 11) is 0. The molecule has 0 amide bonds. The lowest BCUT2D eigenvalue weighted by atomic mass is 9.41. The van der Waals surface area contributed by atoms with Crippen LogP contribution in [0.25, 0.3) is 0 Å². The normalized spacial score (nSPS) is 53.1. The molecule has 4 N–H and O–H groups in total. The Bertz CT molecular complexity index is 812. The fourth-order valence-electron chi connectivity index (χ4n) is 8.46. The van der Waals surface area contributed by atoms with Gasteiger partial charge in [0, 0.05) is 23.3 Å². The van der Waals surface area contributed by atoms with E-state index in [0.717, 1.165) is 24.8 Å². The van der Waals surface area contributed by atoms with Gasteiger partial charge in [0.15, 0.2) is 0 Å². The van der Waals surface area contributed by atoms with E-state index in [1.165, 1.54) is 6.21 Å². The highest BCUT2D eigenvalue weighted by atomic mass is 16.5.